The van der Waals surface area contributed by atoms with Crippen molar-refractivity contribution in [2.45, 2.75) is 5.92 Å². The minimum Gasteiger partial charge on any atom is -0.505 e. The van der Waals surface area contributed by atoms with Crippen LogP contribution in [0.25, 0.3) is 0 Å². The zero-order valence-corrected chi connectivity index (χ0v) is 21.5. The number of carbonyl (C=O) groups is 1. The molecule has 0 bridgehead atoms. The number of ether oxygens (including phenoxy) is 2. The Morgan fingerprint density at radius 3 is 2.41 bits per heavy atom. The van der Waals surface area contributed by atoms with Crippen LogP contribution in [0.4, 0.5) is 17.1 Å². The summed E-state index contributed by atoms with van der Waals surface area (Å²) in [6.07, 6.45) is 0. The molecule has 0 fully saturated rings. The van der Waals surface area contributed by atoms with Crippen LogP contribution in [0, 0.1) is 21.4 Å². The number of nitrogens with zero attached hydrogens (tertiary/aromatic N) is 4. The molecule has 1 heterocycles. The Kier molecular flexibility index (Phi) is 7.13. The van der Waals surface area contributed by atoms with Gasteiger partial charge < -0.3 is 20.3 Å². The molecule has 4 aromatic rings. The number of phenolic OH excluding ortho intramolecular Hbond substituents is 1. The Bertz CT molecular complexity index is 1780. The standard InChI is InChI=1S/C30H21N5O6/c1-40-20-10-7-17(8-11-20)28-22-14-25(26(36)15-27(22)41-30(32)23(28)16-31)34-33-24-12-9-19(35(38)39)13-21(24)29(37)18-5-3-2-4-6-18/h2-15,28,36H,32H2,1H3. The van der Waals surface area contributed by atoms with Gasteiger partial charge in [0.15, 0.2) is 5.78 Å². The largest absolute Gasteiger partial charge is 0.505 e. The highest BCUT2D eigenvalue weighted by Crippen LogP contribution is 2.47. The predicted molar refractivity (Wildman–Crippen MR) is 148 cm³/mol. The number of non-ortho nitro benzene ring substituents is 1. The number of phenols is 1. The van der Waals surface area contributed by atoms with Gasteiger partial charge in [0.25, 0.3) is 5.69 Å². The molecule has 0 saturated carbocycles. The number of allylic oxidation sites excluding steroid dienone is 1. The van der Waals surface area contributed by atoms with Crippen LogP contribution in [0.5, 0.6) is 17.2 Å². The molecule has 0 amide bonds. The summed E-state index contributed by atoms with van der Waals surface area (Å²) in [6, 6.07) is 23.9. The molecular weight excluding hydrogens is 526 g/mol. The van der Waals surface area contributed by atoms with E-state index in [1.807, 2.05) is 0 Å². The smallest absolute Gasteiger partial charge is 0.270 e. The first-order chi connectivity index (χ1) is 19.8. The van der Waals surface area contributed by atoms with Crippen LogP contribution in [0.3, 0.4) is 0 Å². The molecule has 0 saturated heterocycles. The topological polar surface area (TPSA) is 173 Å². The zero-order valence-electron chi connectivity index (χ0n) is 21.5. The predicted octanol–water partition coefficient (Wildman–Crippen LogP) is 6.17. The molecule has 1 unspecified atom stereocenters. The molecule has 1 aliphatic rings. The Morgan fingerprint density at radius 2 is 1.76 bits per heavy atom. The number of hydrogen-bond donors (Lipinski definition) is 2. The fraction of sp³-hybridized carbons (Fsp3) is 0.0667. The lowest BCUT2D eigenvalue weighted by Crippen LogP contribution is -2.21. The molecule has 0 aliphatic carbocycles. The summed E-state index contributed by atoms with van der Waals surface area (Å²) in [7, 11) is 1.54. The van der Waals surface area contributed by atoms with E-state index in [4.69, 9.17) is 15.2 Å². The first-order valence-electron chi connectivity index (χ1n) is 12.2. The highest BCUT2D eigenvalue weighted by molar-refractivity contribution is 6.12. The fourth-order valence-electron chi connectivity index (χ4n) is 4.46. The number of hydrogen-bond acceptors (Lipinski definition) is 10. The van der Waals surface area contributed by atoms with Gasteiger partial charge in [0.1, 0.15) is 34.6 Å². The molecule has 11 heteroatoms. The first kappa shape index (κ1) is 26.6. The van der Waals surface area contributed by atoms with Gasteiger partial charge in [-0.15, -0.1) is 10.2 Å². The number of aromatic hydroxyl groups is 1. The van der Waals surface area contributed by atoms with Crippen molar-refractivity contribution < 1.29 is 24.3 Å². The van der Waals surface area contributed by atoms with Gasteiger partial charge in [0.2, 0.25) is 5.88 Å². The second-order valence-corrected chi connectivity index (χ2v) is 8.93. The summed E-state index contributed by atoms with van der Waals surface area (Å²) in [6.45, 7) is 0. The van der Waals surface area contributed by atoms with Gasteiger partial charge in [-0.2, -0.15) is 5.26 Å². The molecule has 202 valence electrons. The number of nitrogens with two attached hydrogens (primary N) is 1. The Balaban J connectivity index is 1.59. The number of nitro benzene ring substituents is 1. The number of nitro groups is 1. The van der Waals surface area contributed by atoms with E-state index in [1.54, 1.807) is 61.7 Å². The van der Waals surface area contributed by atoms with Crippen LogP contribution in [-0.4, -0.2) is 22.9 Å². The Labute approximate surface area is 233 Å². The van der Waals surface area contributed by atoms with E-state index < -0.39 is 16.6 Å². The average Bonchev–Trinajstić information content (AvgIpc) is 2.99. The quantitative estimate of drug-likeness (QED) is 0.119. The van der Waals surface area contributed by atoms with Crippen molar-refractivity contribution in [3.8, 4) is 23.3 Å². The monoisotopic (exact) mass is 547 g/mol. The van der Waals surface area contributed by atoms with Crippen molar-refractivity contribution >= 4 is 22.8 Å². The maximum absolute atomic E-state index is 13.2. The van der Waals surface area contributed by atoms with Gasteiger partial charge in [-0.25, -0.2) is 0 Å². The third kappa shape index (κ3) is 5.17. The summed E-state index contributed by atoms with van der Waals surface area (Å²) in [5, 5.41) is 40.3. The molecule has 5 rings (SSSR count). The molecule has 3 N–H and O–H groups in total. The maximum atomic E-state index is 13.2. The number of methoxy groups -OCH3 is 1. The number of benzene rings is 4. The molecular formula is C30H21N5O6. The average molecular weight is 548 g/mol. The van der Waals surface area contributed by atoms with E-state index in [-0.39, 0.29) is 45.6 Å². The summed E-state index contributed by atoms with van der Waals surface area (Å²) in [5.41, 5.74) is 7.50. The van der Waals surface area contributed by atoms with E-state index in [2.05, 4.69) is 16.3 Å². The van der Waals surface area contributed by atoms with Gasteiger partial charge in [-0.05, 0) is 29.8 Å². The highest BCUT2D eigenvalue weighted by Gasteiger charge is 2.32. The van der Waals surface area contributed by atoms with Crippen LogP contribution in [0.2, 0.25) is 0 Å². The third-order valence-electron chi connectivity index (χ3n) is 6.50. The Morgan fingerprint density at radius 1 is 1.05 bits per heavy atom. The maximum Gasteiger partial charge on any atom is 0.270 e. The molecule has 0 aromatic heterocycles. The zero-order chi connectivity index (χ0) is 29.1. The number of fused-ring (bicyclic) bond motifs is 1. The van der Waals surface area contributed by atoms with Crippen molar-refractivity contribution in [3.63, 3.8) is 0 Å². The third-order valence-corrected chi connectivity index (χ3v) is 6.50. The fourth-order valence-corrected chi connectivity index (χ4v) is 4.46. The van der Waals surface area contributed by atoms with Gasteiger partial charge in [-0.3, -0.25) is 14.9 Å². The molecule has 4 aromatic carbocycles. The van der Waals surface area contributed by atoms with E-state index in [0.717, 1.165) is 11.6 Å². The lowest BCUT2D eigenvalue weighted by Gasteiger charge is -2.27. The van der Waals surface area contributed by atoms with Crippen molar-refractivity contribution in [2.24, 2.45) is 16.0 Å². The van der Waals surface area contributed by atoms with Crippen molar-refractivity contribution in [1.29, 1.82) is 5.26 Å². The summed E-state index contributed by atoms with van der Waals surface area (Å²) in [5.74, 6) is -0.657. The van der Waals surface area contributed by atoms with Crippen LogP contribution in [-0.2, 0) is 0 Å². The molecule has 11 nitrogen and oxygen atoms in total. The second kappa shape index (κ2) is 11.0. The minimum atomic E-state index is -0.640. The van der Waals surface area contributed by atoms with Crippen molar-refractivity contribution in [3.05, 3.63) is 129 Å². The van der Waals surface area contributed by atoms with Gasteiger partial charge in [0, 0.05) is 29.3 Å². The molecule has 1 aliphatic heterocycles. The molecule has 1 atom stereocenters. The van der Waals surface area contributed by atoms with Crippen molar-refractivity contribution in [1.82, 2.24) is 0 Å². The number of rotatable bonds is 7. The van der Waals surface area contributed by atoms with Crippen LogP contribution >= 0.6 is 0 Å². The Hall–Kier alpha value is -6.02. The van der Waals surface area contributed by atoms with Crippen LogP contribution in [0.1, 0.15) is 33.0 Å². The van der Waals surface area contributed by atoms with Gasteiger partial charge in [-0.1, -0.05) is 42.5 Å². The molecule has 0 spiro atoms. The summed E-state index contributed by atoms with van der Waals surface area (Å²) >= 11 is 0. The number of azo groups is 1. The highest BCUT2D eigenvalue weighted by atomic mass is 16.6. The van der Waals surface area contributed by atoms with Crippen LogP contribution < -0.4 is 15.2 Å². The van der Waals surface area contributed by atoms with E-state index in [0.29, 0.717) is 16.9 Å². The molecule has 41 heavy (non-hydrogen) atoms. The van der Waals surface area contributed by atoms with E-state index in [1.165, 1.54) is 24.3 Å². The number of nitriles is 1. The van der Waals surface area contributed by atoms with Gasteiger partial charge >= 0.3 is 0 Å². The van der Waals surface area contributed by atoms with Gasteiger partial charge in [0.05, 0.1) is 29.2 Å². The minimum absolute atomic E-state index is 0.0140. The lowest BCUT2D eigenvalue weighted by molar-refractivity contribution is -0.384. The second-order valence-electron chi connectivity index (χ2n) is 8.93. The molecule has 0 radical (unpaired) electrons. The number of carbonyl (C=O) groups excluding carboxylic acids is 1. The van der Waals surface area contributed by atoms with E-state index >= 15 is 0 Å². The lowest BCUT2D eigenvalue weighted by atomic mass is 9.83. The van der Waals surface area contributed by atoms with Crippen LogP contribution in [0.15, 0.2) is 107 Å². The van der Waals surface area contributed by atoms with Crippen molar-refractivity contribution in [2.75, 3.05) is 7.11 Å². The summed E-state index contributed by atoms with van der Waals surface area (Å²) in [4.78, 5) is 24.0. The number of ketones is 1. The summed E-state index contributed by atoms with van der Waals surface area (Å²) < 4.78 is 10.9. The SMILES string of the molecule is COc1ccc(C2C(C#N)=C(N)Oc3cc(O)c(N=Nc4ccc([N+](=O)[O-])cc4C(=O)c4ccccc4)cc32)cc1. The van der Waals surface area contributed by atoms with E-state index in [9.17, 15) is 25.3 Å². The normalized spacial score (nSPS) is 14.2. The first-order valence-corrected chi connectivity index (χ1v) is 12.2.